The maximum absolute atomic E-state index is 3.80. The molecule has 0 unspecified atom stereocenters. The number of halogens is 2. The fourth-order valence-corrected chi connectivity index (χ4v) is 5.81. The molecule has 0 saturated heterocycles. The maximum Gasteiger partial charge on any atom is 0.0724 e. The second kappa shape index (κ2) is 9.27. The van der Waals surface area contributed by atoms with Crippen LogP contribution < -0.4 is 0 Å². The van der Waals surface area contributed by atoms with Crippen LogP contribution in [0.5, 0.6) is 0 Å². The molecule has 36 heavy (non-hydrogen) atoms. The molecule has 4 heteroatoms. The lowest BCUT2D eigenvalue weighted by atomic mass is 10.1. The van der Waals surface area contributed by atoms with Crippen LogP contribution in [0.2, 0.25) is 0 Å². The number of nitrogens with zero attached hydrogens (tertiary/aromatic N) is 2. The molecule has 0 radical (unpaired) electrons. The van der Waals surface area contributed by atoms with E-state index in [9.17, 15) is 0 Å². The summed E-state index contributed by atoms with van der Waals surface area (Å²) in [4.78, 5) is 0. The lowest BCUT2D eigenvalue weighted by Gasteiger charge is -2.13. The van der Waals surface area contributed by atoms with Crippen LogP contribution >= 0.6 is 31.9 Å². The minimum absolute atomic E-state index is 1.08. The molecule has 0 bridgehead atoms. The normalized spacial score (nSPS) is 11.3. The third kappa shape index (κ3) is 3.95. The molecule has 0 amide bonds. The van der Waals surface area contributed by atoms with Gasteiger partial charge in [0.15, 0.2) is 0 Å². The van der Waals surface area contributed by atoms with Gasteiger partial charge in [0.05, 0.1) is 22.4 Å². The Hall–Kier alpha value is -3.34. The van der Waals surface area contributed by atoms with Crippen molar-refractivity contribution in [2.75, 3.05) is 0 Å². The Labute approximate surface area is 228 Å². The molecule has 0 fully saturated rings. The van der Waals surface area contributed by atoms with Gasteiger partial charge in [-0.25, -0.2) is 0 Å². The molecule has 6 rings (SSSR count). The summed E-state index contributed by atoms with van der Waals surface area (Å²) in [6.07, 6.45) is 0. The average molecular weight is 596 g/mol. The van der Waals surface area contributed by atoms with Gasteiger partial charge in [-0.1, -0.05) is 104 Å². The van der Waals surface area contributed by atoms with Gasteiger partial charge in [0.2, 0.25) is 0 Å². The molecule has 0 spiro atoms. The highest BCUT2D eigenvalue weighted by Crippen LogP contribution is 2.41. The zero-order valence-corrected chi connectivity index (χ0v) is 23.2. The Morgan fingerprint density at radius 2 is 0.833 bits per heavy atom. The molecule has 0 aliphatic rings. The van der Waals surface area contributed by atoms with Crippen molar-refractivity contribution in [3.8, 4) is 33.9 Å². The van der Waals surface area contributed by atoms with E-state index >= 15 is 0 Å². The first-order chi connectivity index (χ1) is 17.5. The zero-order chi connectivity index (χ0) is 24.8. The SMILES string of the molecule is Cc1ccc(-n2c(-c3ccccc3Br)cc3c2cc(-c2ccccc2Br)n3-c2ccc(C)cc2)cc1. The van der Waals surface area contributed by atoms with E-state index in [-0.39, 0.29) is 0 Å². The van der Waals surface area contributed by atoms with Gasteiger partial charge in [-0.05, 0) is 62.4 Å². The number of aryl methyl sites for hydroxylation is 2. The number of aromatic nitrogens is 2. The van der Waals surface area contributed by atoms with Crippen LogP contribution in [0.15, 0.2) is 118 Å². The summed E-state index contributed by atoms with van der Waals surface area (Å²) in [6.45, 7) is 4.26. The third-order valence-electron chi connectivity index (χ3n) is 6.66. The van der Waals surface area contributed by atoms with Gasteiger partial charge in [0, 0.05) is 31.4 Å². The van der Waals surface area contributed by atoms with Gasteiger partial charge in [-0.3, -0.25) is 0 Å². The van der Waals surface area contributed by atoms with Crippen LogP contribution in [0.25, 0.3) is 44.9 Å². The van der Waals surface area contributed by atoms with Gasteiger partial charge >= 0.3 is 0 Å². The molecule has 2 aromatic heterocycles. The molecule has 2 nitrogen and oxygen atoms in total. The van der Waals surface area contributed by atoms with Crippen molar-refractivity contribution in [3.05, 3.63) is 129 Å². The third-order valence-corrected chi connectivity index (χ3v) is 8.04. The molecular weight excluding hydrogens is 572 g/mol. The predicted octanol–water partition coefficient (Wildman–Crippen LogP) is 9.90. The second-order valence-electron chi connectivity index (χ2n) is 9.13. The van der Waals surface area contributed by atoms with Gasteiger partial charge in [0.25, 0.3) is 0 Å². The summed E-state index contributed by atoms with van der Waals surface area (Å²) in [6, 6.07) is 39.0. The molecule has 0 aliphatic heterocycles. The number of rotatable bonds is 4. The van der Waals surface area contributed by atoms with Gasteiger partial charge in [-0.15, -0.1) is 0 Å². The monoisotopic (exact) mass is 594 g/mol. The summed E-state index contributed by atoms with van der Waals surface area (Å²) in [5, 5.41) is 0. The maximum atomic E-state index is 3.80. The highest BCUT2D eigenvalue weighted by atomic mass is 79.9. The van der Waals surface area contributed by atoms with Crippen molar-refractivity contribution in [2.45, 2.75) is 13.8 Å². The van der Waals surface area contributed by atoms with E-state index in [1.165, 1.54) is 11.1 Å². The van der Waals surface area contributed by atoms with E-state index in [4.69, 9.17) is 0 Å². The van der Waals surface area contributed by atoms with Gasteiger partial charge in [-0.2, -0.15) is 0 Å². The Balaban J connectivity index is 1.74. The lowest BCUT2D eigenvalue weighted by Crippen LogP contribution is -1.97. The first-order valence-electron chi connectivity index (χ1n) is 11.9. The fourth-order valence-electron chi connectivity index (χ4n) is 4.83. The van der Waals surface area contributed by atoms with E-state index in [0.717, 1.165) is 53.9 Å². The van der Waals surface area contributed by atoms with Crippen molar-refractivity contribution in [1.29, 1.82) is 0 Å². The van der Waals surface area contributed by atoms with Gasteiger partial charge in [0.1, 0.15) is 0 Å². The van der Waals surface area contributed by atoms with Crippen molar-refractivity contribution in [1.82, 2.24) is 9.13 Å². The molecule has 0 saturated carbocycles. The quantitative estimate of drug-likeness (QED) is 0.192. The van der Waals surface area contributed by atoms with Crippen LogP contribution in [-0.4, -0.2) is 9.13 Å². The molecule has 176 valence electrons. The topological polar surface area (TPSA) is 9.86 Å². The predicted molar refractivity (Wildman–Crippen MR) is 158 cm³/mol. The van der Waals surface area contributed by atoms with Crippen molar-refractivity contribution in [2.24, 2.45) is 0 Å². The largest absolute Gasteiger partial charge is 0.308 e. The summed E-state index contributed by atoms with van der Waals surface area (Å²) < 4.78 is 6.90. The van der Waals surface area contributed by atoms with E-state index < -0.39 is 0 Å². The number of hydrogen-bond acceptors (Lipinski definition) is 0. The molecule has 4 aromatic carbocycles. The van der Waals surface area contributed by atoms with Crippen molar-refractivity contribution >= 4 is 42.9 Å². The lowest BCUT2D eigenvalue weighted by molar-refractivity contribution is 1.13. The molecule has 6 aromatic rings. The van der Waals surface area contributed by atoms with Crippen LogP contribution in [0.1, 0.15) is 11.1 Å². The smallest absolute Gasteiger partial charge is 0.0724 e. The Morgan fingerprint density at radius 1 is 0.472 bits per heavy atom. The Kier molecular flexibility index (Phi) is 5.94. The van der Waals surface area contributed by atoms with Crippen LogP contribution in [0.3, 0.4) is 0 Å². The summed E-state index contributed by atoms with van der Waals surface area (Å²) >= 11 is 7.61. The summed E-state index contributed by atoms with van der Waals surface area (Å²) in [7, 11) is 0. The highest BCUT2D eigenvalue weighted by Gasteiger charge is 2.22. The standard InChI is InChI=1S/C32H24Br2N2/c1-21-11-15-23(16-12-21)35-29(25-7-3-5-9-27(25)33)19-32-31(35)20-30(26-8-4-6-10-28(26)34)36(32)24-17-13-22(2)14-18-24/h3-20H,1-2H3. The van der Waals surface area contributed by atoms with E-state index in [2.05, 4.69) is 164 Å². The van der Waals surface area contributed by atoms with E-state index in [0.29, 0.717) is 0 Å². The molecule has 0 aliphatic carbocycles. The number of benzene rings is 4. The summed E-state index contributed by atoms with van der Waals surface area (Å²) in [5.74, 6) is 0. The second-order valence-corrected chi connectivity index (χ2v) is 10.8. The molecule has 2 heterocycles. The van der Waals surface area contributed by atoms with E-state index in [1.807, 2.05) is 0 Å². The number of fused-ring (bicyclic) bond motifs is 1. The Bertz CT molecular complexity index is 1580. The molecular formula is C32H24Br2N2. The van der Waals surface area contributed by atoms with E-state index in [1.54, 1.807) is 0 Å². The molecule has 0 atom stereocenters. The van der Waals surface area contributed by atoms with Gasteiger partial charge < -0.3 is 9.13 Å². The summed E-state index contributed by atoms with van der Waals surface area (Å²) in [5.41, 5.74) is 11.7. The minimum atomic E-state index is 1.08. The van der Waals surface area contributed by atoms with Crippen LogP contribution in [0.4, 0.5) is 0 Å². The molecule has 0 N–H and O–H groups in total. The Morgan fingerprint density at radius 3 is 1.19 bits per heavy atom. The highest BCUT2D eigenvalue weighted by molar-refractivity contribution is 9.11. The van der Waals surface area contributed by atoms with Crippen LogP contribution in [0, 0.1) is 13.8 Å². The van der Waals surface area contributed by atoms with Crippen molar-refractivity contribution in [3.63, 3.8) is 0 Å². The fraction of sp³-hybridized carbons (Fsp3) is 0.0625. The first kappa shape index (κ1) is 23.1. The average Bonchev–Trinajstić information content (AvgIpc) is 3.42. The zero-order valence-electron chi connectivity index (χ0n) is 20.0. The first-order valence-corrected chi connectivity index (χ1v) is 13.5. The van der Waals surface area contributed by atoms with Crippen LogP contribution in [-0.2, 0) is 0 Å². The van der Waals surface area contributed by atoms with Crippen molar-refractivity contribution < 1.29 is 0 Å². The minimum Gasteiger partial charge on any atom is -0.308 e. The number of hydrogen-bond donors (Lipinski definition) is 0.